The summed E-state index contributed by atoms with van der Waals surface area (Å²) in [5.41, 5.74) is 1.21. The number of nitrogens with one attached hydrogen (secondary N) is 1. The monoisotopic (exact) mass is 409 g/mol. The zero-order valence-corrected chi connectivity index (χ0v) is 17.1. The molecule has 0 aliphatic carbocycles. The van der Waals surface area contributed by atoms with E-state index in [1.54, 1.807) is 18.3 Å². The van der Waals surface area contributed by atoms with Gasteiger partial charge in [0, 0.05) is 18.5 Å². The van der Waals surface area contributed by atoms with Crippen molar-refractivity contribution in [1.82, 2.24) is 10.3 Å². The smallest absolute Gasteiger partial charge is 0.240 e. The van der Waals surface area contributed by atoms with E-state index in [2.05, 4.69) is 10.3 Å². The molecule has 1 N–H and O–H groups in total. The maximum atomic E-state index is 12.3. The molecular weight excluding hydrogens is 386 g/mol. The molecule has 1 aromatic carbocycles. The van der Waals surface area contributed by atoms with Gasteiger partial charge in [0.15, 0.2) is 0 Å². The van der Waals surface area contributed by atoms with Crippen LogP contribution in [0.2, 0.25) is 0 Å². The number of amides is 1. The standard InChI is InChI=1S/C18H23N3O4S2/c1-14-7-8-16(25-2)15(12-14)21(27(3,23)24)13-17(22)19-10-11-26-18-6-4-5-9-20-18/h4-9,12H,10-11,13H2,1-3H3,(H,19,22). The first-order valence-electron chi connectivity index (χ1n) is 8.24. The second-order valence-corrected chi connectivity index (χ2v) is 8.83. The molecule has 0 saturated carbocycles. The fourth-order valence-corrected chi connectivity index (χ4v) is 3.92. The maximum absolute atomic E-state index is 12.3. The number of sulfonamides is 1. The molecule has 0 unspecified atom stereocenters. The van der Waals surface area contributed by atoms with Crippen molar-refractivity contribution in [3.05, 3.63) is 48.2 Å². The summed E-state index contributed by atoms with van der Waals surface area (Å²) < 4.78 is 30.8. The molecule has 2 aromatic rings. The van der Waals surface area contributed by atoms with Crippen molar-refractivity contribution in [1.29, 1.82) is 0 Å². The first-order valence-corrected chi connectivity index (χ1v) is 11.1. The average Bonchev–Trinajstić information content (AvgIpc) is 2.63. The zero-order valence-electron chi connectivity index (χ0n) is 15.5. The van der Waals surface area contributed by atoms with Gasteiger partial charge in [-0.15, -0.1) is 11.8 Å². The predicted octanol–water partition coefficient (Wildman–Crippen LogP) is 2.07. The van der Waals surface area contributed by atoms with E-state index in [1.807, 2.05) is 31.2 Å². The van der Waals surface area contributed by atoms with Crippen molar-refractivity contribution in [3.63, 3.8) is 0 Å². The van der Waals surface area contributed by atoms with Crippen molar-refractivity contribution in [2.75, 3.05) is 36.5 Å². The van der Waals surface area contributed by atoms with Crippen molar-refractivity contribution in [2.45, 2.75) is 11.9 Å². The molecule has 0 aliphatic rings. The molecule has 1 aromatic heterocycles. The van der Waals surface area contributed by atoms with Gasteiger partial charge in [-0.3, -0.25) is 9.10 Å². The Morgan fingerprint density at radius 3 is 2.70 bits per heavy atom. The summed E-state index contributed by atoms with van der Waals surface area (Å²) in [6.07, 6.45) is 2.78. The number of pyridine rings is 1. The van der Waals surface area contributed by atoms with Gasteiger partial charge in [0.1, 0.15) is 12.3 Å². The van der Waals surface area contributed by atoms with E-state index in [9.17, 15) is 13.2 Å². The average molecular weight is 410 g/mol. The summed E-state index contributed by atoms with van der Waals surface area (Å²) in [6, 6.07) is 10.8. The van der Waals surface area contributed by atoms with Gasteiger partial charge in [-0.25, -0.2) is 13.4 Å². The summed E-state index contributed by atoms with van der Waals surface area (Å²) in [7, 11) is -2.20. The molecule has 0 radical (unpaired) electrons. The third kappa shape index (κ3) is 6.44. The Labute approximate surface area is 164 Å². The van der Waals surface area contributed by atoms with Gasteiger partial charge in [-0.05, 0) is 36.8 Å². The lowest BCUT2D eigenvalue weighted by atomic mass is 10.2. The van der Waals surface area contributed by atoms with Crippen molar-refractivity contribution >= 4 is 33.4 Å². The van der Waals surface area contributed by atoms with Crippen LogP contribution in [0, 0.1) is 6.92 Å². The Bertz CT molecular complexity index is 873. The highest BCUT2D eigenvalue weighted by atomic mass is 32.2. The Balaban J connectivity index is 2.00. The fourth-order valence-electron chi connectivity index (χ4n) is 2.34. The molecule has 0 fully saturated rings. The second-order valence-electron chi connectivity index (χ2n) is 5.81. The van der Waals surface area contributed by atoms with Crippen LogP contribution in [-0.4, -0.2) is 51.5 Å². The number of benzene rings is 1. The zero-order chi connectivity index (χ0) is 19.9. The Kier molecular flexibility index (Phi) is 7.49. The lowest BCUT2D eigenvalue weighted by molar-refractivity contribution is -0.119. The normalized spacial score (nSPS) is 11.1. The molecular formula is C18H23N3O4S2. The van der Waals surface area contributed by atoms with Crippen molar-refractivity contribution in [2.24, 2.45) is 0 Å². The number of carbonyl (C=O) groups is 1. The highest BCUT2D eigenvalue weighted by Gasteiger charge is 2.24. The molecule has 0 saturated heterocycles. The summed E-state index contributed by atoms with van der Waals surface area (Å²) in [5.74, 6) is 0.644. The van der Waals surface area contributed by atoms with Gasteiger partial charge in [-0.2, -0.15) is 0 Å². The van der Waals surface area contributed by atoms with Crippen LogP contribution in [0.5, 0.6) is 5.75 Å². The second kappa shape index (κ2) is 9.61. The van der Waals surface area contributed by atoms with Crippen LogP contribution in [-0.2, 0) is 14.8 Å². The van der Waals surface area contributed by atoms with E-state index in [1.165, 1.54) is 18.9 Å². The van der Waals surface area contributed by atoms with Gasteiger partial charge in [0.25, 0.3) is 0 Å². The topological polar surface area (TPSA) is 88.6 Å². The molecule has 1 heterocycles. The number of hydrogen-bond acceptors (Lipinski definition) is 6. The summed E-state index contributed by atoms with van der Waals surface area (Å²) >= 11 is 1.51. The number of anilines is 1. The van der Waals surface area contributed by atoms with Crippen LogP contribution in [0.3, 0.4) is 0 Å². The number of carbonyl (C=O) groups excluding carboxylic acids is 1. The lowest BCUT2D eigenvalue weighted by Crippen LogP contribution is -2.41. The quantitative estimate of drug-likeness (QED) is 0.504. The molecule has 1 amide bonds. The van der Waals surface area contributed by atoms with Crippen LogP contribution in [0.4, 0.5) is 5.69 Å². The van der Waals surface area contributed by atoms with Gasteiger partial charge < -0.3 is 10.1 Å². The van der Waals surface area contributed by atoms with Crippen molar-refractivity contribution in [3.8, 4) is 5.75 Å². The molecule has 27 heavy (non-hydrogen) atoms. The maximum Gasteiger partial charge on any atom is 0.240 e. The molecule has 7 nitrogen and oxygen atoms in total. The van der Waals surface area contributed by atoms with E-state index in [4.69, 9.17) is 4.74 Å². The van der Waals surface area contributed by atoms with E-state index in [-0.39, 0.29) is 12.5 Å². The molecule has 0 aliphatic heterocycles. The highest BCUT2D eigenvalue weighted by molar-refractivity contribution is 7.99. The van der Waals surface area contributed by atoms with Gasteiger partial charge >= 0.3 is 0 Å². The minimum Gasteiger partial charge on any atom is -0.495 e. The number of thioether (sulfide) groups is 1. The van der Waals surface area contributed by atoms with Crippen LogP contribution in [0.15, 0.2) is 47.6 Å². The Morgan fingerprint density at radius 2 is 2.07 bits per heavy atom. The number of rotatable bonds is 9. The largest absolute Gasteiger partial charge is 0.495 e. The number of nitrogens with zero attached hydrogens (tertiary/aromatic N) is 2. The minimum atomic E-state index is -3.66. The first-order chi connectivity index (χ1) is 12.8. The Hall–Kier alpha value is -2.26. The Morgan fingerprint density at radius 1 is 1.30 bits per heavy atom. The first kappa shape index (κ1) is 21.0. The number of aryl methyl sites for hydroxylation is 1. The highest BCUT2D eigenvalue weighted by Crippen LogP contribution is 2.30. The number of hydrogen-bond donors (Lipinski definition) is 1. The molecule has 0 bridgehead atoms. The van der Waals surface area contributed by atoms with Crippen LogP contribution >= 0.6 is 11.8 Å². The molecule has 146 valence electrons. The van der Waals surface area contributed by atoms with E-state index in [0.29, 0.717) is 23.7 Å². The summed E-state index contributed by atoms with van der Waals surface area (Å²) in [5, 5.41) is 3.61. The van der Waals surface area contributed by atoms with E-state index in [0.717, 1.165) is 21.2 Å². The minimum absolute atomic E-state index is 0.313. The summed E-state index contributed by atoms with van der Waals surface area (Å²) in [6.45, 7) is 1.94. The van der Waals surface area contributed by atoms with Gasteiger partial charge in [0.05, 0.1) is 24.1 Å². The van der Waals surface area contributed by atoms with E-state index < -0.39 is 10.0 Å². The fraction of sp³-hybridized carbons (Fsp3) is 0.333. The number of methoxy groups -OCH3 is 1. The van der Waals surface area contributed by atoms with Crippen LogP contribution < -0.4 is 14.4 Å². The van der Waals surface area contributed by atoms with Gasteiger partial charge in [-0.1, -0.05) is 12.1 Å². The number of ether oxygens (including phenoxy) is 1. The molecule has 2 rings (SSSR count). The predicted molar refractivity (Wildman–Crippen MR) is 108 cm³/mol. The van der Waals surface area contributed by atoms with Crippen LogP contribution in [0.1, 0.15) is 5.56 Å². The SMILES string of the molecule is COc1ccc(C)cc1N(CC(=O)NCCSc1ccccn1)S(C)(=O)=O. The van der Waals surface area contributed by atoms with E-state index >= 15 is 0 Å². The summed E-state index contributed by atoms with van der Waals surface area (Å²) in [4.78, 5) is 16.5. The van der Waals surface area contributed by atoms with Gasteiger partial charge in [0.2, 0.25) is 15.9 Å². The van der Waals surface area contributed by atoms with Crippen LogP contribution in [0.25, 0.3) is 0 Å². The molecule has 0 atom stereocenters. The third-order valence-electron chi connectivity index (χ3n) is 3.60. The number of aromatic nitrogens is 1. The molecule has 9 heteroatoms. The van der Waals surface area contributed by atoms with Crippen molar-refractivity contribution < 1.29 is 17.9 Å². The molecule has 0 spiro atoms. The third-order valence-corrected chi connectivity index (χ3v) is 5.67. The lowest BCUT2D eigenvalue weighted by Gasteiger charge is -2.24.